The highest BCUT2D eigenvalue weighted by atomic mass is 32.2. The number of aryl methyl sites for hydroxylation is 1. The van der Waals surface area contributed by atoms with Gasteiger partial charge >= 0.3 is 0 Å². The highest BCUT2D eigenvalue weighted by Crippen LogP contribution is 2.29. The minimum Gasteiger partial charge on any atom is -0.494 e. The van der Waals surface area contributed by atoms with Gasteiger partial charge in [-0.15, -0.1) is 23.1 Å². The molecule has 184 valence electrons. The Morgan fingerprint density at radius 1 is 1.00 bits per heavy atom. The highest BCUT2D eigenvalue weighted by Gasteiger charge is 2.17. The van der Waals surface area contributed by atoms with E-state index in [1.165, 1.54) is 23.1 Å². The first kappa shape index (κ1) is 25.5. The normalized spacial score (nSPS) is 11.5. The molecule has 2 N–H and O–H groups in total. The Hall–Kier alpha value is -3.62. The van der Waals surface area contributed by atoms with Gasteiger partial charge in [0.05, 0.1) is 17.6 Å². The summed E-state index contributed by atoms with van der Waals surface area (Å²) in [7, 11) is 0. The van der Waals surface area contributed by atoms with E-state index in [9.17, 15) is 9.59 Å². The van der Waals surface area contributed by atoms with Crippen LogP contribution in [0.4, 0.5) is 10.8 Å². The van der Waals surface area contributed by atoms with Gasteiger partial charge in [-0.2, -0.15) is 0 Å². The van der Waals surface area contributed by atoms with Crippen molar-refractivity contribution in [1.29, 1.82) is 0 Å². The van der Waals surface area contributed by atoms with E-state index in [-0.39, 0.29) is 17.1 Å². The molecule has 0 fully saturated rings. The maximum atomic E-state index is 12.7. The predicted molar refractivity (Wildman–Crippen MR) is 148 cm³/mol. The Morgan fingerprint density at radius 3 is 2.42 bits per heavy atom. The zero-order valence-corrected chi connectivity index (χ0v) is 21.9. The van der Waals surface area contributed by atoms with Gasteiger partial charge in [0.2, 0.25) is 5.91 Å². The zero-order chi connectivity index (χ0) is 25.5. The van der Waals surface area contributed by atoms with Gasteiger partial charge < -0.3 is 15.4 Å². The molecule has 8 heteroatoms. The molecule has 0 aliphatic carbocycles. The number of anilines is 2. The number of carbonyl (C=O) groups is 2. The molecular formula is C28H27N3O3S2. The molecule has 1 heterocycles. The lowest BCUT2D eigenvalue weighted by molar-refractivity contribution is -0.115. The van der Waals surface area contributed by atoms with Crippen LogP contribution in [0.5, 0.6) is 5.75 Å². The molecule has 0 bridgehead atoms. The lowest BCUT2D eigenvalue weighted by Gasteiger charge is -2.12. The summed E-state index contributed by atoms with van der Waals surface area (Å²) in [6, 6.07) is 22.7. The van der Waals surface area contributed by atoms with Gasteiger partial charge in [-0.3, -0.25) is 9.59 Å². The van der Waals surface area contributed by atoms with Crippen LogP contribution in [0.2, 0.25) is 0 Å². The van der Waals surface area contributed by atoms with Gasteiger partial charge in [0.25, 0.3) is 5.91 Å². The van der Waals surface area contributed by atoms with E-state index in [0.29, 0.717) is 23.0 Å². The van der Waals surface area contributed by atoms with Crippen molar-refractivity contribution in [2.24, 2.45) is 0 Å². The minimum atomic E-state index is -0.324. The van der Waals surface area contributed by atoms with Gasteiger partial charge in [-0.25, -0.2) is 4.98 Å². The van der Waals surface area contributed by atoms with Crippen LogP contribution in [0, 0.1) is 6.92 Å². The molecule has 0 aliphatic rings. The Bertz CT molecular complexity index is 1330. The van der Waals surface area contributed by atoms with E-state index in [4.69, 9.17) is 4.74 Å². The molecule has 6 nitrogen and oxygen atoms in total. The minimum absolute atomic E-state index is 0.121. The number of amides is 2. The number of benzene rings is 3. The van der Waals surface area contributed by atoms with Crippen LogP contribution in [0.25, 0.3) is 11.3 Å². The number of aromatic nitrogens is 1. The topological polar surface area (TPSA) is 80.3 Å². The third kappa shape index (κ3) is 6.53. The fourth-order valence-electron chi connectivity index (χ4n) is 3.46. The van der Waals surface area contributed by atoms with Crippen molar-refractivity contribution in [1.82, 2.24) is 4.98 Å². The fourth-order valence-corrected chi connectivity index (χ4v) is 5.05. The van der Waals surface area contributed by atoms with Crippen LogP contribution in [0.3, 0.4) is 0 Å². The summed E-state index contributed by atoms with van der Waals surface area (Å²) in [6.45, 7) is 6.34. The fraction of sp³-hybridized carbons (Fsp3) is 0.179. The number of ether oxygens (including phenoxy) is 1. The summed E-state index contributed by atoms with van der Waals surface area (Å²) in [5.41, 5.74) is 4.05. The first-order valence-corrected chi connectivity index (χ1v) is 13.3. The zero-order valence-electron chi connectivity index (χ0n) is 20.3. The van der Waals surface area contributed by atoms with E-state index < -0.39 is 0 Å². The number of nitrogens with one attached hydrogen (secondary N) is 2. The standard InChI is InChI=1S/C28H27N3O3S2/c1-4-34-22-13-9-20(10-14-22)25-17-35-28(30-25)31-26(32)19(3)36-23-15-11-21(12-16-23)29-27(33)24-8-6-5-7-18(24)2/h5-17,19H,4H2,1-3H3,(H,29,33)(H,30,31,32). The maximum absolute atomic E-state index is 12.7. The molecule has 0 saturated heterocycles. The van der Waals surface area contributed by atoms with E-state index >= 15 is 0 Å². The lowest BCUT2D eigenvalue weighted by atomic mass is 10.1. The Balaban J connectivity index is 1.31. The van der Waals surface area contributed by atoms with Crippen molar-refractivity contribution in [2.75, 3.05) is 17.2 Å². The van der Waals surface area contributed by atoms with Crippen LogP contribution >= 0.6 is 23.1 Å². The molecular weight excluding hydrogens is 490 g/mol. The highest BCUT2D eigenvalue weighted by molar-refractivity contribution is 8.00. The van der Waals surface area contributed by atoms with Crippen LogP contribution in [0.1, 0.15) is 29.8 Å². The third-order valence-electron chi connectivity index (χ3n) is 5.38. The molecule has 1 aromatic heterocycles. The summed E-state index contributed by atoms with van der Waals surface area (Å²) < 4.78 is 5.48. The molecule has 0 spiro atoms. The Morgan fingerprint density at radius 2 is 1.72 bits per heavy atom. The smallest absolute Gasteiger partial charge is 0.255 e. The summed E-state index contributed by atoms with van der Waals surface area (Å²) in [4.78, 5) is 30.7. The second-order valence-corrected chi connectivity index (χ2v) is 10.3. The largest absolute Gasteiger partial charge is 0.494 e. The summed E-state index contributed by atoms with van der Waals surface area (Å²) in [5, 5.41) is 7.99. The van der Waals surface area contributed by atoms with Crippen LogP contribution in [-0.2, 0) is 4.79 Å². The van der Waals surface area contributed by atoms with Crippen LogP contribution in [0.15, 0.2) is 83.1 Å². The number of hydrogen-bond acceptors (Lipinski definition) is 6. The van der Waals surface area contributed by atoms with Crippen molar-refractivity contribution in [2.45, 2.75) is 30.9 Å². The molecule has 4 rings (SSSR count). The second kappa shape index (κ2) is 11.9. The molecule has 3 aromatic carbocycles. The van der Waals surface area contributed by atoms with Crippen LogP contribution in [-0.4, -0.2) is 28.7 Å². The average molecular weight is 518 g/mol. The van der Waals surface area contributed by atoms with Crippen molar-refractivity contribution < 1.29 is 14.3 Å². The van der Waals surface area contributed by atoms with E-state index in [1.54, 1.807) is 6.07 Å². The number of hydrogen-bond donors (Lipinski definition) is 2. The number of thioether (sulfide) groups is 1. The average Bonchev–Trinajstić information content (AvgIpc) is 3.34. The van der Waals surface area contributed by atoms with Crippen molar-refractivity contribution in [3.8, 4) is 17.0 Å². The molecule has 36 heavy (non-hydrogen) atoms. The summed E-state index contributed by atoms with van der Waals surface area (Å²) in [6.07, 6.45) is 0. The summed E-state index contributed by atoms with van der Waals surface area (Å²) >= 11 is 2.84. The first-order chi connectivity index (χ1) is 17.4. The predicted octanol–water partition coefficient (Wildman–Crippen LogP) is 6.89. The van der Waals surface area contributed by atoms with Gasteiger partial charge in [0.15, 0.2) is 5.13 Å². The number of thiazole rings is 1. The molecule has 0 saturated carbocycles. The molecule has 0 radical (unpaired) electrons. The van der Waals surface area contributed by atoms with E-state index in [1.807, 2.05) is 92.9 Å². The monoisotopic (exact) mass is 517 g/mol. The summed E-state index contributed by atoms with van der Waals surface area (Å²) in [5.74, 6) is 0.552. The van der Waals surface area contributed by atoms with E-state index in [0.717, 1.165) is 27.5 Å². The second-order valence-electron chi connectivity index (χ2n) is 8.04. The van der Waals surface area contributed by atoms with Gasteiger partial charge in [0.1, 0.15) is 5.75 Å². The number of carbonyl (C=O) groups excluding carboxylic acids is 2. The number of rotatable bonds is 9. The van der Waals surface area contributed by atoms with Gasteiger partial charge in [-0.05, 0) is 80.9 Å². The van der Waals surface area contributed by atoms with Gasteiger partial charge in [0, 0.05) is 27.1 Å². The van der Waals surface area contributed by atoms with Gasteiger partial charge in [-0.1, -0.05) is 18.2 Å². The quantitative estimate of drug-likeness (QED) is 0.236. The molecule has 4 aromatic rings. The lowest BCUT2D eigenvalue weighted by Crippen LogP contribution is -2.22. The Kier molecular flexibility index (Phi) is 8.40. The molecule has 1 unspecified atom stereocenters. The Labute approximate surface area is 219 Å². The van der Waals surface area contributed by atoms with Crippen LogP contribution < -0.4 is 15.4 Å². The molecule has 1 atom stereocenters. The third-order valence-corrected chi connectivity index (χ3v) is 7.25. The number of nitrogens with zero attached hydrogens (tertiary/aromatic N) is 1. The van der Waals surface area contributed by atoms with E-state index in [2.05, 4.69) is 15.6 Å². The first-order valence-electron chi connectivity index (χ1n) is 11.6. The molecule has 0 aliphatic heterocycles. The maximum Gasteiger partial charge on any atom is 0.255 e. The van der Waals surface area contributed by atoms with Crippen molar-refractivity contribution >= 4 is 45.7 Å². The van der Waals surface area contributed by atoms with Crippen molar-refractivity contribution in [3.63, 3.8) is 0 Å². The van der Waals surface area contributed by atoms with Crippen molar-refractivity contribution in [3.05, 3.63) is 89.3 Å². The SMILES string of the molecule is CCOc1ccc(-c2csc(NC(=O)C(C)Sc3ccc(NC(=O)c4ccccc4C)cc3)n2)cc1. The molecule has 2 amide bonds.